The van der Waals surface area contributed by atoms with Crippen molar-refractivity contribution in [2.75, 3.05) is 13.1 Å². The molecule has 0 bridgehead atoms. The standard InChI is InChI=1S/C15H22F2N2/c1-10(2)8-19(12-4-5-12)9-15(18)13-7-11(16)3-6-14(13)17/h3,6-7,10,12,15H,4-5,8-9,18H2,1-2H3. The van der Waals surface area contributed by atoms with E-state index in [1.54, 1.807) is 0 Å². The van der Waals surface area contributed by atoms with Crippen molar-refractivity contribution in [3.05, 3.63) is 35.4 Å². The van der Waals surface area contributed by atoms with E-state index < -0.39 is 17.7 Å². The largest absolute Gasteiger partial charge is 0.323 e. The minimum absolute atomic E-state index is 0.273. The number of hydrogen-bond acceptors (Lipinski definition) is 2. The number of hydrogen-bond donors (Lipinski definition) is 1. The summed E-state index contributed by atoms with van der Waals surface area (Å²) in [4.78, 5) is 2.31. The molecule has 2 N–H and O–H groups in total. The Labute approximate surface area is 113 Å². The molecule has 0 radical (unpaired) electrons. The van der Waals surface area contributed by atoms with E-state index in [-0.39, 0.29) is 5.56 Å². The van der Waals surface area contributed by atoms with Crippen molar-refractivity contribution >= 4 is 0 Å². The van der Waals surface area contributed by atoms with E-state index in [1.807, 2.05) is 0 Å². The highest BCUT2D eigenvalue weighted by molar-refractivity contribution is 5.22. The zero-order valence-corrected chi connectivity index (χ0v) is 11.6. The predicted molar refractivity (Wildman–Crippen MR) is 72.7 cm³/mol. The normalized spacial score (nSPS) is 17.2. The van der Waals surface area contributed by atoms with Gasteiger partial charge in [0.15, 0.2) is 0 Å². The van der Waals surface area contributed by atoms with Crippen molar-refractivity contribution in [2.24, 2.45) is 11.7 Å². The van der Waals surface area contributed by atoms with E-state index in [4.69, 9.17) is 5.73 Å². The second kappa shape index (κ2) is 5.97. The van der Waals surface area contributed by atoms with E-state index in [0.29, 0.717) is 18.5 Å². The molecule has 0 aliphatic heterocycles. The summed E-state index contributed by atoms with van der Waals surface area (Å²) in [6.07, 6.45) is 2.37. The molecule has 1 saturated carbocycles. The maximum absolute atomic E-state index is 13.7. The lowest BCUT2D eigenvalue weighted by atomic mass is 10.1. The van der Waals surface area contributed by atoms with Gasteiger partial charge < -0.3 is 5.73 Å². The van der Waals surface area contributed by atoms with Crippen LogP contribution in [0.1, 0.15) is 38.3 Å². The Kier molecular flexibility index (Phi) is 4.53. The number of rotatable bonds is 6. The Bertz CT molecular complexity index is 430. The Morgan fingerprint density at radius 3 is 2.53 bits per heavy atom. The van der Waals surface area contributed by atoms with Crippen LogP contribution in [-0.4, -0.2) is 24.0 Å². The molecule has 1 aliphatic carbocycles. The first kappa shape index (κ1) is 14.4. The van der Waals surface area contributed by atoms with Gasteiger partial charge in [-0.1, -0.05) is 13.8 Å². The summed E-state index contributed by atoms with van der Waals surface area (Å²) < 4.78 is 26.9. The summed E-state index contributed by atoms with van der Waals surface area (Å²) in [5.74, 6) is -0.312. The van der Waals surface area contributed by atoms with Gasteiger partial charge in [0.2, 0.25) is 0 Å². The first-order valence-corrected chi connectivity index (χ1v) is 6.92. The maximum atomic E-state index is 13.7. The van der Waals surface area contributed by atoms with E-state index in [0.717, 1.165) is 18.7 Å². The third kappa shape index (κ3) is 3.98. The van der Waals surface area contributed by atoms with Crippen molar-refractivity contribution in [3.8, 4) is 0 Å². The minimum Gasteiger partial charge on any atom is -0.323 e. The number of nitrogens with two attached hydrogens (primary N) is 1. The molecule has 1 unspecified atom stereocenters. The van der Waals surface area contributed by atoms with Gasteiger partial charge in [0.1, 0.15) is 11.6 Å². The Hall–Kier alpha value is -1.00. The summed E-state index contributed by atoms with van der Waals surface area (Å²) in [7, 11) is 0. The summed E-state index contributed by atoms with van der Waals surface area (Å²) in [5.41, 5.74) is 6.33. The minimum atomic E-state index is -0.477. The number of halogens is 2. The first-order valence-electron chi connectivity index (χ1n) is 6.92. The molecule has 2 nitrogen and oxygen atoms in total. The van der Waals surface area contributed by atoms with Gasteiger partial charge in [-0.15, -0.1) is 0 Å². The van der Waals surface area contributed by atoms with Crippen LogP contribution < -0.4 is 5.73 Å². The Morgan fingerprint density at radius 2 is 1.95 bits per heavy atom. The molecule has 19 heavy (non-hydrogen) atoms. The van der Waals surface area contributed by atoms with Gasteiger partial charge in [-0.3, -0.25) is 4.90 Å². The third-order valence-corrected chi connectivity index (χ3v) is 3.45. The fourth-order valence-electron chi connectivity index (χ4n) is 2.43. The molecular formula is C15H22F2N2. The van der Waals surface area contributed by atoms with Crippen LogP contribution in [0.25, 0.3) is 0 Å². The highest BCUT2D eigenvalue weighted by atomic mass is 19.1. The van der Waals surface area contributed by atoms with Crippen LogP contribution in [0.3, 0.4) is 0 Å². The highest BCUT2D eigenvalue weighted by Crippen LogP contribution is 2.29. The molecule has 2 rings (SSSR count). The van der Waals surface area contributed by atoms with Crippen molar-refractivity contribution in [3.63, 3.8) is 0 Å². The molecule has 0 spiro atoms. The van der Waals surface area contributed by atoms with E-state index >= 15 is 0 Å². The van der Waals surface area contributed by atoms with Crippen LogP contribution >= 0.6 is 0 Å². The topological polar surface area (TPSA) is 29.3 Å². The molecule has 106 valence electrons. The lowest BCUT2D eigenvalue weighted by Gasteiger charge is -2.27. The zero-order valence-electron chi connectivity index (χ0n) is 11.6. The van der Waals surface area contributed by atoms with Crippen LogP contribution in [0.5, 0.6) is 0 Å². The van der Waals surface area contributed by atoms with Gasteiger partial charge in [0, 0.05) is 30.7 Å². The first-order chi connectivity index (χ1) is 8.97. The van der Waals surface area contributed by atoms with Crippen molar-refractivity contribution in [1.82, 2.24) is 4.90 Å². The van der Waals surface area contributed by atoms with Crippen LogP contribution in [-0.2, 0) is 0 Å². The van der Waals surface area contributed by atoms with Crippen molar-refractivity contribution < 1.29 is 8.78 Å². The average molecular weight is 268 g/mol. The summed E-state index contributed by atoms with van der Waals surface area (Å²) in [6.45, 7) is 5.85. The van der Waals surface area contributed by atoms with Crippen molar-refractivity contribution in [1.29, 1.82) is 0 Å². The Balaban J connectivity index is 2.05. The van der Waals surface area contributed by atoms with Crippen molar-refractivity contribution in [2.45, 2.75) is 38.8 Å². The van der Waals surface area contributed by atoms with E-state index in [2.05, 4.69) is 18.7 Å². The zero-order chi connectivity index (χ0) is 14.0. The number of nitrogens with zero attached hydrogens (tertiary/aromatic N) is 1. The summed E-state index contributed by atoms with van der Waals surface area (Å²) in [5, 5.41) is 0. The van der Waals surface area contributed by atoms with Gasteiger partial charge >= 0.3 is 0 Å². The average Bonchev–Trinajstić information content (AvgIpc) is 3.14. The SMILES string of the molecule is CC(C)CN(CC(N)c1cc(F)ccc1F)C1CC1. The van der Waals surface area contributed by atoms with Crippen LogP contribution in [0.15, 0.2) is 18.2 Å². The number of benzene rings is 1. The monoisotopic (exact) mass is 268 g/mol. The fourth-order valence-corrected chi connectivity index (χ4v) is 2.43. The van der Waals surface area contributed by atoms with E-state index in [9.17, 15) is 8.78 Å². The third-order valence-electron chi connectivity index (χ3n) is 3.45. The van der Waals surface area contributed by atoms with E-state index in [1.165, 1.54) is 18.9 Å². The smallest absolute Gasteiger partial charge is 0.128 e. The van der Waals surface area contributed by atoms with Crippen LogP contribution in [0, 0.1) is 17.6 Å². The maximum Gasteiger partial charge on any atom is 0.128 e. The summed E-state index contributed by atoms with van der Waals surface area (Å²) >= 11 is 0. The van der Waals surface area contributed by atoms with Gasteiger partial charge in [-0.05, 0) is 37.0 Å². The van der Waals surface area contributed by atoms with Crippen LogP contribution in [0.4, 0.5) is 8.78 Å². The second-order valence-electron chi connectivity index (χ2n) is 5.85. The molecular weight excluding hydrogens is 246 g/mol. The highest BCUT2D eigenvalue weighted by Gasteiger charge is 2.30. The van der Waals surface area contributed by atoms with Gasteiger partial charge in [-0.2, -0.15) is 0 Å². The molecule has 4 heteroatoms. The Morgan fingerprint density at radius 1 is 1.26 bits per heavy atom. The molecule has 0 amide bonds. The quantitative estimate of drug-likeness (QED) is 0.859. The molecule has 0 heterocycles. The lowest BCUT2D eigenvalue weighted by Crippen LogP contribution is -2.36. The second-order valence-corrected chi connectivity index (χ2v) is 5.85. The molecule has 1 atom stereocenters. The van der Waals surface area contributed by atoms with Crippen LogP contribution in [0.2, 0.25) is 0 Å². The molecule has 1 aliphatic rings. The van der Waals surface area contributed by atoms with Gasteiger partial charge in [0.25, 0.3) is 0 Å². The predicted octanol–water partition coefficient (Wildman–Crippen LogP) is 3.09. The summed E-state index contributed by atoms with van der Waals surface area (Å²) in [6, 6.07) is 3.58. The molecule has 1 fully saturated rings. The molecule has 1 aromatic rings. The molecule has 0 aromatic heterocycles. The molecule has 0 saturated heterocycles. The van der Waals surface area contributed by atoms with Gasteiger partial charge in [0.05, 0.1) is 0 Å². The lowest BCUT2D eigenvalue weighted by molar-refractivity contribution is 0.220. The van der Waals surface area contributed by atoms with Gasteiger partial charge in [-0.25, -0.2) is 8.78 Å². The fraction of sp³-hybridized carbons (Fsp3) is 0.600. The molecule has 1 aromatic carbocycles.